The molecule has 0 unspecified atom stereocenters. The smallest absolute Gasteiger partial charge is 0.261 e. The Morgan fingerprint density at radius 1 is 1.03 bits per heavy atom. The quantitative estimate of drug-likeness (QED) is 0.700. The molecule has 2 aromatic rings. The molecule has 0 bridgehead atoms. The van der Waals surface area contributed by atoms with Gasteiger partial charge in [-0.2, -0.15) is 0 Å². The van der Waals surface area contributed by atoms with Crippen LogP contribution in [0.25, 0.3) is 0 Å². The summed E-state index contributed by atoms with van der Waals surface area (Å²) in [6, 6.07) is 13.1. The molecule has 162 valence electrons. The highest BCUT2D eigenvalue weighted by molar-refractivity contribution is 7.92. The fraction of sp³-hybridized carbons (Fsp3) is 0.435. The third kappa shape index (κ3) is 5.33. The van der Waals surface area contributed by atoms with Crippen molar-refractivity contribution >= 4 is 21.6 Å². The molecule has 0 heterocycles. The van der Waals surface area contributed by atoms with Crippen molar-refractivity contribution in [2.75, 3.05) is 18.4 Å². The van der Waals surface area contributed by atoms with Crippen LogP contribution in [-0.2, 0) is 10.0 Å². The Kier molecular flexibility index (Phi) is 7.02. The summed E-state index contributed by atoms with van der Waals surface area (Å²) in [6.45, 7) is 4.68. The lowest BCUT2D eigenvalue weighted by Crippen LogP contribution is -2.39. The largest absolute Gasteiger partial charge is 0.494 e. The van der Waals surface area contributed by atoms with Gasteiger partial charge in [-0.05, 0) is 87.1 Å². The Hall–Kier alpha value is -2.54. The van der Waals surface area contributed by atoms with Gasteiger partial charge in [0.25, 0.3) is 15.9 Å². The van der Waals surface area contributed by atoms with Gasteiger partial charge in [0.05, 0.1) is 11.5 Å². The van der Waals surface area contributed by atoms with Gasteiger partial charge in [-0.25, -0.2) is 8.42 Å². The third-order valence-electron chi connectivity index (χ3n) is 5.68. The van der Waals surface area contributed by atoms with Crippen molar-refractivity contribution < 1.29 is 17.9 Å². The molecule has 1 saturated carbocycles. The summed E-state index contributed by atoms with van der Waals surface area (Å²) in [5, 5.41) is 0. The van der Waals surface area contributed by atoms with Crippen molar-refractivity contribution in [1.82, 2.24) is 4.90 Å². The Morgan fingerprint density at radius 3 is 2.20 bits per heavy atom. The molecule has 7 heteroatoms. The Labute approximate surface area is 179 Å². The van der Waals surface area contributed by atoms with Crippen LogP contribution in [0.5, 0.6) is 5.75 Å². The number of ether oxygens (including phenoxy) is 1. The third-order valence-corrected chi connectivity index (χ3v) is 7.08. The number of nitrogens with one attached hydrogen (secondary N) is 1. The number of rotatable bonds is 7. The summed E-state index contributed by atoms with van der Waals surface area (Å²) < 4.78 is 33.3. The number of nitrogens with zero attached hydrogens (tertiary/aromatic N) is 1. The molecule has 1 N–H and O–H groups in total. The molecule has 30 heavy (non-hydrogen) atoms. The maximum Gasteiger partial charge on any atom is 0.261 e. The van der Waals surface area contributed by atoms with Gasteiger partial charge in [-0.3, -0.25) is 9.52 Å². The molecule has 0 spiro atoms. The van der Waals surface area contributed by atoms with E-state index in [4.69, 9.17) is 4.74 Å². The van der Waals surface area contributed by atoms with Gasteiger partial charge >= 0.3 is 0 Å². The standard InChI is InChI=1S/C23H30N2O4S/c1-4-29-21-13-9-19(10-14-21)24-30(27,28)22-15-7-18(8-16-22)23(26)25(3)20-11-5-17(2)6-12-20/h7-10,13-17,20,24H,4-6,11-12H2,1-3H3. The van der Waals surface area contributed by atoms with E-state index in [0.29, 0.717) is 23.6 Å². The Morgan fingerprint density at radius 2 is 1.63 bits per heavy atom. The highest BCUT2D eigenvalue weighted by Gasteiger charge is 2.25. The molecule has 1 fully saturated rings. The number of carbonyl (C=O) groups is 1. The second-order valence-corrected chi connectivity index (χ2v) is 9.60. The molecule has 3 rings (SSSR count). The zero-order valence-electron chi connectivity index (χ0n) is 17.8. The van der Waals surface area contributed by atoms with Gasteiger partial charge in [0.15, 0.2) is 0 Å². The van der Waals surface area contributed by atoms with Crippen molar-refractivity contribution in [3.8, 4) is 5.75 Å². The SMILES string of the molecule is CCOc1ccc(NS(=O)(=O)c2ccc(C(=O)N(C)C3CCC(C)CC3)cc2)cc1. The van der Waals surface area contributed by atoms with Crippen LogP contribution in [0.1, 0.15) is 49.9 Å². The highest BCUT2D eigenvalue weighted by atomic mass is 32.2. The summed E-state index contributed by atoms with van der Waals surface area (Å²) in [7, 11) is -1.91. The summed E-state index contributed by atoms with van der Waals surface area (Å²) in [5.74, 6) is 1.33. The highest BCUT2D eigenvalue weighted by Crippen LogP contribution is 2.27. The van der Waals surface area contributed by atoms with Crippen molar-refractivity contribution in [3.05, 3.63) is 54.1 Å². The first-order valence-corrected chi connectivity index (χ1v) is 11.9. The lowest BCUT2D eigenvalue weighted by atomic mass is 9.86. The predicted molar refractivity (Wildman–Crippen MR) is 118 cm³/mol. The minimum absolute atomic E-state index is 0.0713. The van der Waals surface area contributed by atoms with Crippen molar-refractivity contribution in [2.24, 2.45) is 5.92 Å². The van der Waals surface area contributed by atoms with Crippen LogP contribution in [0.2, 0.25) is 0 Å². The lowest BCUT2D eigenvalue weighted by molar-refractivity contribution is 0.0679. The van der Waals surface area contributed by atoms with E-state index in [1.54, 1.807) is 41.3 Å². The maximum absolute atomic E-state index is 12.8. The number of hydrogen-bond donors (Lipinski definition) is 1. The maximum atomic E-state index is 12.8. The molecular formula is C23H30N2O4S. The second-order valence-electron chi connectivity index (χ2n) is 7.92. The lowest BCUT2D eigenvalue weighted by Gasteiger charge is -2.33. The summed E-state index contributed by atoms with van der Waals surface area (Å²) >= 11 is 0. The fourth-order valence-electron chi connectivity index (χ4n) is 3.78. The molecule has 6 nitrogen and oxygen atoms in total. The van der Waals surface area contributed by atoms with E-state index in [2.05, 4.69) is 11.6 Å². The Balaban J connectivity index is 1.67. The van der Waals surface area contributed by atoms with Crippen LogP contribution >= 0.6 is 0 Å². The van der Waals surface area contributed by atoms with Crippen LogP contribution in [0.15, 0.2) is 53.4 Å². The van der Waals surface area contributed by atoms with Gasteiger partial charge < -0.3 is 9.64 Å². The number of anilines is 1. The van der Waals surface area contributed by atoms with Crippen LogP contribution < -0.4 is 9.46 Å². The van der Waals surface area contributed by atoms with Gasteiger partial charge in [0.2, 0.25) is 0 Å². The first-order valence-electron chi connectivity index (χ1n) is 10.4. The predicted octanol–water partition coefficient (Wildman–Crippen LogP) is 4.54. The summed E-state index contributed by atoms with van der Waals surface area (Å²) in [6.07, 6.45) is 4.30. The number of amides is 1. The molecule has 1 amide bonds. The summed E-state index contributed by atoms with van der Waals surface area (Å²) in [4.78, 5) is 14.7. The van der Waals surface area contributed by atoms with Gasteiger partial charge in [0, 0.05) is 24.3 Å². The van der Waals surface area contributed by atoms with Crippen molar-refractivity contribution in [1.29, 1.82) is 0 Å². The number of hydrogen-bond acceptors (Lipinski definition) is 4. The molecule has 0 aromatic heterocycles. The normalized spacial score (nSPS) is 19.2. The number of benzene rings is 2. The average Bonchev–Trinajstić information content (AvgIpc) is 2.75. The van der Waals surface area contributed by atoms with Gasteiger partial charge in [0.1, 0.15) is 5.75 Å². The first-order chi connectivity index (χ1) is 14.3. The summed E-state index contributed by atoms with van der Waals surface area (Å²) in [5.41, 5.74) is 0.945. The topological polar surface area (TPSA) is 75.7 Å². The molecule has 0 aliphatic heterocycles. The van der Waals surface area contributed by atoms with E-state index in [1.165, 1.54) is 12.1 Å². The fourth-order valence-corrected chi connectivity index (χ4v) is 4.83. The number of carbonyl (C=O) groups excluding carboxylic acids is 1. The van der Waals surface area contributed by atoms with E-state index in [9.17, 15) is 13.2 Å². The molecule has 2 aromatic carbocycles. The van der Waals surface area contributed by atoms with Crippen molar-refractivity contribution in [2.45, 2.75) is 50.5 Å². The Bertz CT molecular complexity index is 948. The molecule has 0 radical (unpaired) electrons. The molecule has 1 aliphatic rings. The second kappa shape index (κ2) is 9.51. The molecule has 1 aliphatic carbocycles. The van der Waals surface area contributed by atoms with Crippen LogP contribution in [0.3, 0.4) is 0 Å². The molecular weight excluding hydrogens is 400 g/mol. The van der Waals surface area contributed by atoms with Gasteiger partial charge in [-0.15, -0.1) is 0 Å². The van der Waals surface area contributed by atoms with E-state index in [0.717, 1.165) is 31.6 Å². The minimum atomic E-state index is -3.74. The van der Waals surface area contributed by atoms with Gasteiger partial charge in [-0.1, -0.05) is 6.92 Å². The monoisotopic (exact) mass is 430 g/mol. The van der Waals surface area contributed by atoms with E-state index in [-0.39, 0.29) is 16.8 Å². The van der Waals surface area contributed by atoms with Crippen LogP contribution in [0, 0.1) is 5.92 Å². The number of sulfonamides is 1. The zero-order valence-corrected chi connectivity index (χ0v) is 18.6. The molecule has 0 atom stereocenters. The van der Waals surface area contributed by atoms with E-state index < -0.39 is 10.0 Å². The zero-order chi connectivity index (χ0) is 21.7. The minimum Gasteiger partial charge on any atom is -0.494 e. The van der Waals surface area contributed by atoms with E-state index >= 15 is 0 Å². The first kappa shape index (κ1) is 22.2. The average molecular weight is 431 g/mol. The van der Waals surface area contributed by atoms with E-state index in [1.807, 2.05) is 14.0 Å². The van der Waals surface area contributed by atoms with Crippen LogP contribution in [0.4, 0.5) is 5.69 Å². The molecule has 0 saturated heterocycles. The van der Waals surface area contributed by atoms with Crippen molar-refractivity contribution in [3.63, 3.8) is 0 Å². The van der Waals surface area contributed by atoms with Crippen LogP contribution in [-0.4, -0.2) is 38.9 Å².